The van der Waals surface area contributed by atoms with Crippen molar-refractivity contribution in [2.75, 3.05) is 6.54 Å². The van der Waals surface area contributed by atoms with Gasteiger partial charge in [-0.3, -0.25) is 4.68 Å². The Bertz CT molecular complexity index is 407. The quantitative estimate of drug-likeness (QED) is 0.747. The van der Waals surface area contributed by atoms with Crippen LogP contribution in [-0.4, -0.2) is 21.5 Å². The predicted octanol–water partition coefficient (Wildman–Crippen LogP) is 1.36. The molecule has 16 heavy (non-hydrogen) atoms. The number of aromatic nitrogens is 3. The van der Waals surface area contributed by atoms with E-state index in [1.165, 1.54) is 5.56 Å². The smallest absolute Gasteiger partial charge is 0.120 e. The molecule has 0 aromatic carbocycles. The van der Waals surface area contributed by atoms with E-state index in [1.54, 1.807) is 12.5 Å². The van der Waals surface area contributed by atoms with E-state index in [2.05, 4.69) is 22.6 Å². The van der Waals surface area contributed by atoms with Crippen LogP contribution in [0.2, 0.25) is 0 Å². The molecule has 0 aliphatic carbocycles. The Morgan fingerprint density at radius 3 is 3.12 bits per heavy atom. The van der Waals surface area contributed by atoms with E-state index in [4.69, 9.17) is 4.42 Å². The molecule has 0 aliphatic heterocycles. The van der Waals surface area contributed by atoms with E-state index < -0.39 is 0 Å². The van der Waals surface area contributed by atoms with Crippen LogP contribution in [0.25, 0.3) is 0 Å². The summed E-state index contributed by atoms with van der Waals surface area (Å²) in [5, 5.41) is 11.0. The van der Waals surface area contributed by atoms with Crippen LogP contribution in [-0.2, 0) is 13.1 Å². The van der Waals surface area contributed by atoms with Gasteiger partial charge in [-0.05, 0) is 31.5 Å². The zero-order valence-corrected chi connectivity index (χ0v) is 9.39. The van der Waals surface area contributed by atoms with Crippen LogP contribution in [0.4, 0.5) is 0 Å². The van der Waals surface area contributed by atoms with Crippen molar-refractivity contribution in [2.24, 2.45) is 0 Å². The molecular weight excluding hydrogens is 204 g/mol. The van der Waals surface area contributed by atoms with Gasteiger partial charge in [0.2, 0.25) is 0 Å². The largest absolute Gasteiger partial charge is 0.468 e. The van der Waals surface area contributed by atoms with Gasteiger partial charge >= 0.3 is 0 Å². The summed E-state index contributed by atoms with van der Waals surface area (Å²) in [7, 11) is 0. The van der Waals surface area contributed by atoms with Gasteiger partial charge in [-0.2, -0.15) is 0 Å². The Balaban J connectivity index is 1.61. The molecule has 0 atom stereocenters. The third-order valence-corrected chi connectivity index (χ3v) is 2.47. The van der Waals surface area contributed by atoms with Gasteiger partial charge in [0.25, 0.3) is 0 Å². The lowest BCUT2D eigenvalue weighted by atomic mass is 10.3. The average molecular weight is 220 g/mol. The molecule has 86 valence electrons. The molecule has 2 aromatic heterocycles. The minimum atomic E-state index is 0.788. The third-order valence-electron chi connectivity index (χ3n) is 2.47. The van der Waals surface area contributed by atoms with Crippen molar-refractivity contribution in [1.82, 2.24) is 20.3 Å². The molecule has 0 aliphatic rings. The molecule has 0 fully saturated rings. The van der Waals surface area contributed by atoms with Crippen molar-refractivity contribution in [1.29, 1.82) is 0 Å². The lowest BCUT2D eigenvalue weighted by molar-refractivity contribution is 0.467. The number of hydrogen-bond acceptors (Lipinski definition) is 4. The third kappa shape index (κ3) is 2.93. The molecule has 0 radical (unpaired) electrons. The Morgan fingerprint density at radius 1 is 1.50 bits per heavy atom. The lowest BCUT2D eigenvalue weighted by Crippen LogP contribution is -2.16. The predicted molar refractivity (Wildman–Crippen MR) is 59.8 cm³/mol. The summed E-state index contributed by atoms with van der Waals surface area (Å²) in [5.74, 6) is 1.01. The van der Waals surface area contributed by atoms with E-state index in [0.29, 0.717) is 0 Å². The van der Waals surface area contributed by atoms with Gasteiger partial charge in [0.1, 0.15) is 5.76 Å². The van der Waals surface area contributed by atoms with Crippen molar-refractivity contribution in [3.05, 3.63) is 36.0 Å². The maximum absolute atomic E-state index is 5.33. The fourth-order valence-corrected chi connectivity index (χ4v) is 1.51. The number of furan rings is 1. The van der Waals surface area contributed by atoms with Crippen molar-refractivity contribution in [2.45, 2.75) is 26.4 Å². The summed E-state index contributed by atoms with van der Waals surface area (Å²) in [6.07, 6.45) is 6.32. The van der Waals surface area contributed by atoms with Gasteiger partial charge in [-0.1, -0.05) is 5.21 Å². The zero-order chi connectivity index (χ0) is 11.2. The fraction of sp³-hybridized carbons (Fsp3) is 0.455. The Labute approximate surface area is 94.5 Å². The van der Waals surface area contributed by atoms with E-state index >= 15 is 0 Å². The molecule has 2 heterocycles. The molecular formula is C11H16N4O. The van der Waals surface area contributed by atoms with Crippen LogP contribution >= 0.6 is 0 Å². The van der Waals surface area contributed by atoms with Crippen molar-refractivity contribution < 1.29 is 4.42 Å². The Hall–Kier alpha value is -1.62. The van der Waals surface area contributed by atoms with E-state index in [0.717, 1.165) is 31.8 Å². The van der Waals surface area contributed by atoms with Crippen LogP contribution in [0.3, 0.4) is 0 Å². The SMILES string of the molecule is Cc1ccoc1CNCCCn1ccnn1. The summed E-state index contributed by atoms with van der Waals surface area (Å²) in [4.78, 5) is 0. The first-order chi connectivity index (χ1) is 7.86. The lowest BCUT2D eigenvalue weighted by Gasteiger charge is -2.03. The Kier molecular flexibility index (Phi) is 3.71. The second-order valence-corrected chi connectivity index (χ2v) is 3.72. The molecule has 2 rings (SSSR count). The highest BCUT2D eigenvalue weighted by atomic mass is 16.3. The van der Waals surface area contributed by atoms with Gasteiger partial charge in [0.05, 0.1) is 19.0 Å². The number of aryl methyl sites for hydroxylation is 2. The summed E-state index contributed by atoms with van der Waals surface area (Å²) < 4.78 is 7.16. The molecule has 0 bridgehead atoms. The standard InChI is InChI=1S/C11H16N4O/c1-10-3-8-16-11(10)9-12-4-2-6-15-7-5-13-14-15/h3,5,7-8,12H,2,4,6,9H2,1H3. The normalized spacial score (nSPS) is 10.8. The van der Waals surface area contributed by atoms with E-state index in [9.17, 15) is 0 Å². The number of hydrogen-bond donors (Lipinski definition) is 1. The first-order valence-corrected chi connectivity index (χ1v) is 5.44. The first kappa shape index (κ1) is 10.9. The minimum absolute atomic E-state index is 0.788. The highest BCUT2D eigenvalue weighted by molar-refractivity contribution is 5.13. The molecule has 2 aromatic rings. The van der Waals surface area contributed by atoms with Gasteiger partial charge in [0, 0.05) is 12.7 Å². The van der Waals surface area contributed by atoms with Gasteiger partial charge in [-0.25, -0.2) is 0 Å². The van der Waals surface area contributed by atoms with E-state index in [-0.39, 0.29) is 0 Å². The van der Waals surface area contributed by atoms with Gasteiger partial charge < -0.3 is 9.73 Å². The van der Waals surface area contributed by atoms with Crippen molar-refractivity contribution >= 4 is 0 Å². The highest BCUT2D eigenvalue weighted by Crippen LogP contribution is 2.07. The molecule has 1 N–H and O–H groups in total. The summed E-state index contributed by atoms with van der Waals surface area (Å²) in [5.41, 5.74) is 1.20. The van der Waals surface area contributed by atoms with Crippen LogP contribution in [0.15, 0.2) is 29.1 Å². The number of nitrogens with zero attached hydrogens (tertiary/aromatic N) is 3. The van der Waals surface area contributed by atoms with E-state index in [1.807, 2.05) is 16.9 Å². The maximum Gasteiger partial charge on any atom is 0.120 e. The van der Waals surface area contributed by atoms with Gasteiger partial charge in [0.15, 0.2) is 0 Å². The average Bonchev–Trinajstić information content (AvgIpc) is 2.90. The van der Waals surface area contributed by atoms with Crippen molar-refractivity contribution in [3.8, 4) is 0 Å². The molecule has 0 saturated heterocycles. The summed E-state index contributed by atoms with van der Waals surface area (Å²) in [6.45, 7) is 4.68. The molecule has 0 unspecified atom stereocenters. The second kappa shape index (κ2) is 5.46. The molecule has 5 heteroatoms. The van der Waals surface area contributed by atoms with Gasteiger partial charge in [-0.15, -0.1) is 5.10 Å². The topological polar surface area (TPSA) is 55.9 Å². The fourth-order valence-electron chi connectivity index (χ4n) is 1.51. The molecule has 0 saturated carbocycles. The zero-order valence-electron chi connectivity index (χ0n) is 9.39. The molecule has 0 spiro atoms. The van der Waals surface area contributed by atoms with Crippen LogP contribution in [0.1, 0.15) is 17.7 Å². The molecule has 5 nitrogen and oxygen atoms in total. The van der Waals surface area contributed by atoms with Crippen LogP contribution in [0, 0.1) is 6.92 Å². The summed E-state index contributed by atoms with van der Waals surface area (Å²) in [6, 6.07) is 1.98. The number of nitrogens with one attached hydrogen (secondary N) is 1. The first-order valence-electron chi connectivity index (χ1n) is 5.44. The minimum Gasteiger partial charge on any atom is -0.468 e. The monoisotopic (exact) mass is 220 g/mol. The maximum atomic E-state index is 5.33. The highest BCUT2D eigenvalue weighted by Gasteiger charge is 2.00. The summed E-state index contributed by atoms with van der Waals surface area (Å²) >= 11 is 0. The molecule has 0 amide bonds. The second-order valence-electron chi connectivity index (χ2n) is 3.72. The van der Waals surface area contributed by atoms with Crippen LogP contribution < -0.4 is 5.32 Å². The van der Waals surface area contributed by atoms with Crippen molar-refractivity contribution in [3.63, 3.8) is 0 Å². The van der Waals surface area contributed by atoms with Crippen LogP contribution in [0.5, 0.6) is 0 Å². The Morgan fingerprint density at radius 2 is 2.44 bits per heavy atom. The number of rotatable bonds is 6.